The maximum Gasteiger partial charge on any atom is 0.223 e. The van der Waals surface area contributed by atoms with E-state index in [-0.39, 0.29) is 17.4 Å². The number of rotatable bonds is 4. The predicted octanol–water partition coefficient (Wildman–Crippen LogP) is 2.66. The number of nitrogens with one attached hydrogen (secondary N) is 1. The molecule has 1 amide bonds. The average molecular weight is 254 g/mol. The second-order valence-corrected chi connectivity index (χ2v) is 7.04. The number of carbonyl (C=O) groups is 1. The number of nitrogens with zero attached hydrogens (tertiary/aromatic N) is 1. The van der Waals surface area contributed by atoms with Crippen molar-refractivity contribution in [3.8, 4) is 0 Å². The fraction of sp³-hybridized carbons (Fsp3) is 0.933. The molecule has 0 spiro atoms. The predicted molar refractivity (Wildman–Crippen MR) is 76.5 cm³/mol. The summed E-state index contributed by atoms with van der Waals surface area (Å²) in [4.78, 5) is 14.6. The lowest BCUT2D eigenvalue weighted by Crippen LogP contribution is -2.47. The fourth-order valence-corrected chi connectivity index (χ4v) is 2.33. The van der Waals surface area contributed by atoms with Gasteiger partial charge in [-0.15, -0.1) is 0 Å². The van der Waals surface area contributed by atoms with Crippen molar-refractivity contribution in [2.24, 2.45) is 11.8 Å². The summed E-state index contributed by atoms with van der Waals surface area (Å²) in [6.45, 7) is 14.0. The molecule has 1 fully saturated rings. The molecule has 1 aliphatic rings. The zero-order valence-corrected chi connectivity index (χ0v) is 12.8. The van der Waals surface area contributed by atoms with E-state index in [1.165, 1.54) is 13.0 Å². The van der Waals surface area contributed by atoms with Crippen LogP contribution in [0, 0.1) is 11.8 Å². The quantitative estimate of drug-likeness (QED) is 0.836. The summed E-state index contributed by atoms with van der Waals surface area (Å²) in [6.07, 6.45) is 3.29. The Morgan fingerprint density at radius 1 is 1.28 bits per heavy atom. The van der Waals surface area contributed by atoms with Crippen molar-refractivity contribution in [3.05, 3.63) is 0 Å². The van der Waals surface area contributed by atoms with Gasteiger partial charge in [-0.25, -0.2) is 0 Å². The van der Waals surface area contributed by atoms with Crippen LogP contribution in [0.2, 0.25) is 0 Å². The van der Waals surface area contributed by atoms with Crippen molar-refractivity contribution in [2.75, 3.05) is 19.6 Å². The highest BCUT2D eigenvalue weighted by atomic mass is 16.2. The van der Waals surface area contributed by atoms with E-state index in [4.69, 9.17) is 0 Å². The topological polar surface area (TPSA) is 32.3 Å². The molecule has 1 aliphatic heterocycles. The van der Waals surface area contributed by atoms with E-state index < -0.39 is 0 Å². The molecule has 1 N–H and O–H groups in total. The number of piperidine rings is 1. The van der Waals surface area contributed by atoms with Gasteiger partial charge < -0.3 is 10.2 Å². The van der Waals surface area contributed by atoms with Crippen molar-refractivity contribution in [2.45, 2.75) is 59.4 Å². The molecule has 1 rings (SSSR count). The van der Waals surface area contributed by atoms with Crippen LogP contribution in [-0.2, 0) is 4.79 Å². The van der Waals surface area contributed by atoms with E-state index in [2.05, 4.69) is 24.1 Å². The smallest absolute Gasteiger partial charge is 0.223 e. The maximum atomic E-state index is 12.1. The van der Waals surface area contributed by atoms with Crippen molar-refractivity contribution >= 4 is 5.91 Å². The summed E-state index contributed by atoms with van der Waals surface area (Å²) >= 11 is 0. The zero-order chi connectivity index (χ0) is 13.8. The Morgan fingerprint density at radius 3 is 2.28 bits per heavy atom. The summed E-state index contributed by atoms with van der Waals surface area (Å²) in [5.74, 6) is 1.23. The molecular formula is C15H30N2O. The molecule has 0 radical (unpaired) electrons. The van der Waals surface area contributed by atoms with Crippen molar-refractivity contribution in [1.29, 1.82) is 0 Å². The van der Waals surface area contributed by atoms with Crippen molar-refractivity contribution < 1.29 is 4.79 Å². The second-order valence-electron chi connectivity index (χ2n) is 7.04. The molecule has 0 aromatic rings. The Hall–Kier alpha value is -0.570. The van der Waals surface area contributed by atoms with Crippen LogP contribution in [0.4, 0.5) is 0 Å². The van der Waals surface area contributed by atoms with Gasteiger partial charge in [0.2, 0.25) is 5.91 Å². The minimum Gasteiger partial charge on any atom is -0.351 e. The first kappa shape index (κ1) is 15.5. The Labute approximate surface area is 112 Å². The minimum atomic E-state index is -0.105. The van der Waals surface area contributed by atoms with E-state index in [9.17, 15) is 4.79 Å². The molecule has 0 aromatic heterocycles. The van der Waals surface area contributed by atoms with Gasteiger partial charge >= 0.3 is 0 Å². The standard InChI is InChI=1S/C15H30N2O/c1-12(2)6-9-17-10-7-13(8-11-17)14(18)16-15(3,4)5/h12-13H,6-11H2,1-5H3,(H,16,18). The third-order valence-electron chi connectivity index (χ3n) is 3.48. The molecule has 1 heterocycles. The lowest BCUT2D eigenvalue weighted by molar-refractivity contribution is -0.127. The third kappa shape index (κ3) is 5.85. The molecule has 0 unspecified atom stereocenters. The first-order valence-corrected chi connectivity index (χ1v) is 7.32. The largest absolute Gasteiger partial charge is 0.351 e. The molecule has 1 saturated heterocycles. The van der Waals surface area contributed by atoms with Crippen LogP contribution in [0.3, 0.4) is 0 Å². The highest BCUT2D eigenvalue weighted by molar-refractivity contribution is 5.79. The lowest BCUT2D eigenvalue weighted by Gasteiger charge is -2.33. The molecule has 18 heavy (non-hydrogen) atoms. The molecule has 106 valence electrons. The molecule has 3 nitrogen and oxygen atoms in total. The Balaban J connectivity index is 2.28. The SMILES string of the molecule is CC(C)CCN1CCC(C(=O)NC(C)(C)C)CC1. The van der Waals surface area contributed by atoms with Gasteiger partial charge in [-0.3, -0.25) is 4.79 Å². The van der Waals surface area contributed by atoms with Gasteiger partial charge in [-0.1, -0.05) is 13.8 Å². The summed E-state index contributed by atoms with van der Waals surface area (Å²) in [6, 6.07) is 0. The van der Waals surface area contributed by atoms with E-state index in [1.807, 2.05) is 20.8 Å². The van der Waals surface area contributed by atoms with Gasteiger partial charge in [-0.2, -0.15) is 0 Å². The molecule has 0 aromatic carbocycles. The van der Waals surface area contributed by atoms with E-state index in [0.29, 0.717) is 0 Å². The van der Waals surface area contributed by atoms with Crippen LogP contribution in [0.5, 0.6) is 0 Å². The third-order valence-corrected chi connectivity index (χ3v) is 3.48. The van der Waals surface area contributed by atoms with Gasteiger partial charge in [-0.05, 0) is 65.6 Å². The number of hydrogen-bond acceptors (Lipinski definition) is 2. The first-order valence-electron chi connectivity index (χ1n) is 7.32. The molecule has 3 heteroatoms. The van der Waals surface area contributed by atoms with Gasteiger partial charge in [0.15, 0.2) is 0 Å². The van der Waals surface area contributed by atoms with Gasteiger partial charge in [0, 0.05) is 11.5 Å². The zero-order valence-electron chi connectivity index (χ0n) is 12.8. The molecule has 0 bridgehead atoms. The lowest BCUT2D eigenvalue weighted by atomic mass is 9.94. The van der Waals surface area contributed by atoms with Crippen LogP contribution in [-0.4, -0.2) is 36.0 Å². The number of hydrogen-bond donors (Lipinski definition) is 1. The fourth-order valence-electron chi connectivity index (χ4n) is 2.33. The monoisotopic (exact) mass is 254 g/mol. The number of carbonyl (C=O) groups excluding carboxylic acids is 1. The van der Waals surface area contributed by atoms with Gasteiger partial charge in [0.1, 0.15) is 0 Å². The second kappa shape index (κ2) is 6.55. The highest BCUT2D eigenvalue weighted by Crippen LogP contribution is 2.19. The highest BCUT2D eigenvalue weighted by Gasteiger charge is 2.26. The molecular weight excluding hydrogens is 224 g/mol. The van der Waals surface area contributed by atoms with E-state index in [0.717, 1.165) is 31.8 Å². The van der Waals surface area contributed by atoms with E-state index in [1.54, 1.807) is 0 Å². The van der Waals surface area contributed by atoms with Gasteiger partial charge in [0.05, 0.1) is 0 Å². The van der Waals surface area contributed by atoms with Crippen LogP contribution in [0.15, 0.2) is 0 Å². The summed E-state index contributed by atoms with van der Waals surface area (Å²) in [5, 5.41) is 3.10. The Bertz CT molecular complexity index is 260. The van der Waals surface area contributed by atoms with Crippen LogP contribution < -0.4 is 5.32 Å². The summed E-state index contributed by atoms with van der Waals surface area (Å²) in [5.41, 5.74) is -0.105. The summed E-state index contributed by atoms with van der Waals surface area (Å²) in [7, 11) is 0. The average Bonchev–Trinajstić information content (AvgIpc) is 2.24. The Kier molecular flexibility index (Phi) is 5.64. The minimum absolute atomic E-state index is 0.105. The number of amides is 1. The molecule has 0 aliphatic carbocycles. The van der Waals surface area contributed by atoms with Crippen LogP contribution in [0.25, 0.3) is 0 Å². The van der Waals surface area contributed by atoms with Crippen LogP contribution >= 0.6 is 0 Å². The van der Waals surface area contributed by atoms with Crippen molar-refractivity contribution in [1.82, 2.24) is 10.2 Å². The van der Waals surface area contributed by atoms with Crippen molar-refractivity contribution in [3.63, 3.8) is 0 Å². The first-order chi connectivity index (χ1) is 8.28. The molecule has 0 atom stereocenters. The van der Waals surface area contributed by atoms with Crippen LogP contribution in [0.1, 0.15) is 53.9 Å². The number of likely N-dealkylation sites (tertiary alicyclic amines) is 1. The maximum absolute atomic E-state index is 12.1. The molecule has 0 saturated carbocycles. The van der Waals surface area contributed by atoms with E-state index >= 15 is 0 Å². The van der Waals surface area contributed by atoms with Gasteiger partial charge in [0.25, 0.3) is 0 Å². The Morgan fingerprint density at radius 2 is 1.83 bits per heavy atom. The normalized spacial score (nSPS) is 19.2. The summed E-state index contributed by atoms with van der Waals surface area (Å²) < 4.78 is 0.